The largest absolute Gasteiger partial charge is 0.461 e. The maximum Gasteiger partial charge on any atom is 0.308 e. The average molecular weight is 555 g/mol. The molecule has 0 saturated carbocycles. The van der Waals surface area contributed by atoms with Crippen molar-refractivity contribution in [3.05, 3.63) is 46.4 Å². The first-order valence-electron chi connectivity index (χ1n) is 12.4. The van der Waals surface area contributed by atoms with Gasteiger partial charge in [0.2, 0.25) is 5.28 Å². The van der Waals surface area contributed by atoms with Crippen molar-refractivity contribution in [2.45, 2.75) is 70.8 Å². The van der Waals surface area contributed by atoms with Crippen molar-refractivity contribution in [3.63, 3.8) is 0 Å². The van der Waals surface area contributed by atoms with Crippen molar-refractivity contribution < 1.29 is 28.9 Å². The number of hydrogen-bond donors (Lipinski definition) is 2. The van der Waals surface area contributed by atoms with Gasteiger partial charge in [0.25, 0.3) is 0 Å². The molecule has 3 atom stereocenters. The number of nitrogens with zero attached hydrogens (tertiary/aromatic N) is 3. The highest BCUT2D eigenvalue weighted by molar-refractivity contribution is 6.28. The third-order valence-electron chi connectivity index (χ3n) is 6.85. The number of aliphatic hydroxyl groups excluding tert-OH is 1. The van der Waals surface area contributed by atoms with E-state index in [1.165, 1.54) is 6.92 Å². The molecule has 2 aromatic heterocycles. The minimum atomic E-state index is -1.58. The second kappa shape index (κ2) is 10.5. The molecule has 3 N–H and O–H groups in total. The van der Waals surface area contributed by atoms with Crippen LogP contribution in [0.25, 0.3) is 11.0 Å². The van der Waals surface area contributed by atoms with E-state index in [0.29, 0.717) is 16.8 Å². The first-order valence-corrected chi connectivity index (χ1v) is 12.7. The summed E-state index contributed by atoms with van der Waals surface area (Å²) in [6, 6.07) is 5.44. The van der Waals surface area contributed by atoms with Crippen LogP contribution in [0.5, 0.6) is 5.75 Å². The summed E-state index contributed by atoms with van der Waals surface area (Å²) in [4.78, 5) is 32.9. The van der Waals surface area contributed by atoms with E-state index in [1.54, 1.807) is 22.9 Å². The number of nitrogen functional groups attached to an aromatic ring is 1. The number of anilines is 1. The maximum atomic E-state index is 13.0. The Kier molecular flexibility index (Phi) is 7.63. The van der Waals surface area contributed by atoms with Crippen LogP contribution >= 0.6 is 11.6 Å². The van der Waals surface area contributed by atoms with E-state index in [2.05, 4.69) is 15.9 Å². The summed E-state index contributed by atoms with van der Waals surface area (Å²) in [5, 5.41) is 11.4. The number of fused-ring (bicyclic) bond motifs is 1. The number of hydrogen-bond acceptors (Lipinski definition) is 9. The van der Waals surface area contributed by atoms with Gasteiger partial charge in [0.15, 0.2) is 5.60 Å². The van der Waals surface area contributed by atoms with Crippen LogP contribution in [0, 0.1) is 26.2 Å². The number of benzene rings is 1. The van der Waals surface area contributed by atoms with Crippen LogP contribution in [0.15, 0.2) is 24.4 Å². The number of aliphatic hydroxyl groups is 1. The number of carbonyl (C=O) groups excluding carboxylic acids is 2. The van der Waals surface area contributed by atoms with Crippen molar-refractivity contribution in [1.82, 2.24) is 14.5 Å². The van der Waals surface area contributed by atoms with E-state index in [0.717, 1.165) is 16.7 Å². The second-order valence-corrected chi connectivity index (χ2v) is 10.8. The topological polar surface area (TPSA) is 139 Å². The van der Waals surface area contributed by atoms with Gasteiger partial charge in [-0.05, 0) is 48.7 Å². The summed E-state index contributed by atoms with van der Waals surface area (Å²) < 4.78 is 18.8. The molecule has 4 rings (SSSR count). The smallest absolute Gasteiger partial charge is 0.308 e. The molecule has 39 heavy (non-hydrogen) atoms. The Morgan fingerprint density at radius 3 is 2.74 bits per heavy atom. The van der Waals surface area contributed by atoms with Gasteiger partial charge in [-0.1, -0.05) is 25.8 Å². The molecule has 3 aromatic rings. The number of aromatic nitrogens is 3. The second-order valence-electron chi connectivity index (χ2n) is 10.5. The molecule has 0 radical (unpaired) electrons. The molecular weight excluding hydrogens is 524 g/mol. The van der Waals surface area contributed by atoms with Crippen LogP contribution in [-0.2, 0) is 24.5 Å². The number of esters is 2. The molecular formula is C28H31ClN4O6. The van der Waals surface area contributed by atoms with E-state index >= 15 is 0 Å². The molecule has 0 spiro atoms. The predicted molar refractivity (Wildman–Crippen MR) is 145 cm³/mol. The van der Waals surface area contributed by atoms with Crippen molar-refractivity contribution in [3.8, 4) is 18.1 Å². The molecule has 1 aliphatic heterocycles. The van der Waals surface area contributed by atoms with Crippen molar-refractivity contribution in [1.29, 1.82) is 0 Å². The van der Waals surface area contributed by atoms with Gasteiger partial charge in [0.05, 0.1) is 11.8 Å². The third kappa shape index (κ3) is 5.57. The van der Waals surface area contributed by atoms with Crippen LogP contribution in [0.2, 0.25) is 5.28 Å². The molecule has 0 bridgehead atoms. The zero-order valence-electron chi connectivity index (χ0n) is 22.4. The Labute approximate surface area is 231 Å². The van der Waals surface area contributed by atoms with E-state index in [1.807, 2.05) is 33.8 Å². The van der Waals surface area contributed by atoms with Gasteiger partial charge in [0.1, 0.15) is 36.2 Å². The Morgan fingerprint density at radius 1 is 1.36 bits per heavy atom. The fourth-order valence-electron chi connectivity index (χ4n) is 5.20. The number of aryl methyl sites for hydroxylation is 2. The van der Waals surface area contributed by atoms with Gasteiger partial charge in [-0.15, -0.1) is 6.42 Å². The Bertz CT molecular complexity index is 1490. The van der Waals surface area contributed by atoms with E-state index < -0.39 is 35.3 Å². The molecule has 10 nitrogen and oxygen atoms in total. The average Bonchev–Trinajstić information content (AvgIpc) is 3.37. The molecule has 3 heterocycles. The molecule has 0 unspecified atom stereocenters. The Balaban J connectivity index is 1.50. The normalized spacial score (nSPS) is 21.1. The first-order chi connectivity index (χ1) is 18.3. The molecule has 0 amide bonds. The number of carbonyl (C=O) groups is 2. The lowest BCUT2D eigenvalue weighted by molar-refractivity contribution is -0.157. The zero-order valence-corrected chi connectivity index (χ0v) is 23.2. The number of rotatable bonds is 7. The van der Waals surface area contributed by atoms with Crippen LogP contribution in [0.4, 0.5) is 5.82 Å². The molecule has 1 aliphatic rings. The van der Waals surface area contributed by atoms with Crippen molar-refractivity contribution in [2.24, 2.45) is 0 Å². The van der Waals surface area contributed by atoms with Gasteiger partial charge < -0.3 is 29.6 Å². The number of halogens is 1. The third-order valence-corrected chi connectivity index (χ3v) is 7.02. The SMILES string of the molecule is C#C[C@]1(COC(=O)CC(C)(C)c2c(C)cc(C)cc2OC(C)=O)O[C@@H](n2ccc3c(N)nc(Cl)nc32)C[C@@H]1O. The van der Waals surface area contributed by atoms with Gasteiger partial charge in [-0.25, -0.2) is 4.98 Å². The summed E-state index contributed by atoms with van der Waals surface area (Å²) >= 11 is 5.98. The Morgan fingerprint density at radius 2 is 2.08 bits per heavy atom. The molecule has 1 aromatic carbocycles. The lowest BCUT2D eigenvalue weighted by Gasteiger charge is -2.30. The maximum absolute atomic E-state index is 13.0. The predicted octanol–water partition coefficient (Wildman–Crippen LogP) is 3.77. The van der Waals surface area contributed by atoms with Gasteiger partial charge in [0, 0.05) is 30.5 Å². The minimum Gasteiger partial charge on any atom is -0.461 e. The first kappa shape index (κ1) is 28.4. The highest BCUT2D eigenvalue weighted by Gasteiger charge is 2.49. The van der Waals surface area contributed by atoms with Crippen molar-refractivity contribution >= 4 is 40.4 Å². The van der Waals surface area contributed by atoms with Crippen LogP contribution in [0.3, 0.4) is 0 Å². The zero-order chi connectivity index (χ0) is 28.7. The lowest BCUT2D eigenvalue weighted by Crippen LogP contribution is -2.43. The summed E-state index contributed by atoms with van der Waals surface area (Å²) in [7, 11) is 0. The molecule has 206 valence electrons. The van der Waals surface area contributed by atoms with E-state index in [-0.39, 0.29) is 30.5 Å². The fourth-order valence-corrected chi connectivity index (χ4v) is 5.37. The molecule has 1 fully saturated rings. The standard InChI is InChI=1S/C28H31ClN4O6/c1-7-28(20(35)12-21(39-28)33-9-8-18-24(30)31-26(29)32-25(18)33)14-37-22(36)13-27(5,6)23-16(3)10-15(2)11-19(23)38-17(4)34/h1,8-11,20-21,35H,12-14H2,2-6H3,(H2,30,31,32)/t20-,21+,28+/m0/s1. The minimum absolute atomic E-state index is 0.0288. The van der Waals surface area contributed by atoms with Crippen LogP contribution in [0.1, 0.15) is 56.5 Å². The summed E-state index contributed by atoms with van der Waals surface area (Å²) in [5.74, 6) is 2.09. The summed E-state index contributed by atoms with van der Waals surface area (Å²) in [6.45, 7) is 8.49. The monoisotopic (exact) mass is 554 g/mol. The number of nitrogens with two attached hydrogens (primary N) is 1. The highest BCUT2D eigenvalue weighted by Crippen LogP contribution is 2.40. The quantitative estimate of drug-likeness (QED) is 0.193. The molecule has 0 aliphatic carbocycles. The summed E-state index contributed by atoms with van der Waals surface area (Å²) in [6.07, 6.45) is 5.72. The summed E-state index contributed by atoms with van der Waals surface area (Å²) in [5.41, 5.74) is 6.58. The number of ether oxygens (including phenoxy) is 3. The Hall–Kier alpha value is -3.65. The van der Waals surface area contributed by atoms with E-state index in [4.69, 9.17) is 38.0 Å². The fraction of sp³-hybridized carbons (Fsp3) is 0.429. The van der Waals surface area contributed by atoms with Crippen LogP contribution < -0.4 is 10.5 Å². The highest BCUT2D eigenvalue weighted by atomic mass is 35.5. The van der Waals surface area contributed by atoms with Gasteiger partial charge >= 0.3 is 11.9 Å². The van der Waals surface area contributed by atoms with Gasteiger partial charge in [-0.3, -0.25) is 9.59 Å². The molecule has 1 saturated heterocycles. The lowest BCUT2D eigenvalue weighted by atomic mass is 9.78. The van der Waals surface area contributed by atoms with Crippen molar-refractivity contribution in [2.75, 3.05) is 12.3 Å². The van der Waals surface area contributed by atoms with Crippen LogP contribution in [-0.4, -0.2) is 49.9 Å². The number of terminal acetylenes is 1. The van der Waals surface area contributed by atoms with E-state index in [9.17, 15) is 14.7 Å². The molecule has 11 heteroatoms. The van der Waals surface area contributed by atoms with Gasteiger partial charge in [-0.2, -0.15) is 4.98 Å².